The Balaban J connectivity index is 2.53. The van der Waals surface area contributed by atoms with Crippen LogP contribution < -0.4 is 0 Å². The number of hydrogen-bond acceptors (Lipinski definition) is 1. The van der Waals surface area contributed by atoms with E-state index in [1.165, 1.54) is 6.07 Å². The van der Waals surface area contributed by atoms with Crippen molar-refractivity contribution in [2.24, 2.45) is 0 Å². The summed E-state index contributed by atoms with van der Waals surface area (Å²) in [7, 11) is 0. The van der Waals surface area contributed by atoms with Crippen LogP contribution >= 0.6 is 15.9 Å². The van der Waals surface area contributed by atoms with Gasteiger partial charge in [0.2, 0.25) is 0 Å². The lowest BCUT2D eigenvalue weighted by molar-refractivity contribution is -0.145. The number of hydrogen-bond donors (Lipinski definition) is 1. The summed E-state index contributed by atoms with van der Waals surface area (Å²) in [6, 6.07) is 4.63. The summed E-state index contributed by atoms with van der Waals surface area (Å²) in [5, 5.41) is 9.51. The molecule has 1 aliphatic rings. The van der Waals surface area contributed by atoms with Crippen molar-refractivity contribution in [2.75, 3.05) is 0 Å². The minimum Gasteiger partial charge on any atom is -0.481 e. The van der Waals surface area contributed by atoms with Crippen molar-refractivity contribution in [3.63, 3.8) is 0 Å². The van der Waals surface area contributed by atoms with Gasteiger partial charge in [-0.2, -0.15) is 0 Å². The molecule has 2 rings (SSSR count). The molecule has 0 atom stereocenters. The molecular weight excluding hydrogens is 287 g/mol. The Morgan fingerprint density at radius 3 is 2.53 bits per heavy atom. The SMILES string of the molecule is O=C(O)C1(c2cccc(F)c2Br)CCCCC1. The summed E-state index contributed by atoms with van der Waals surface area (Å²) in [5.74, 6) is -1.24. The molecule has 1 saturated carbocycles. The van der Waals surface area contributed by atoms with Crippen molar-refractivity contribution >= 4 is 21.9 Å². The van der Waals surface area contributed by atoms with Gasteiger partial charge in [0.05, 0.1) is 9.89 Å². The molecule has 17 heavy (non-hydrogen) atoms. The highest BCUT2D eigenvalue weighted by atomic mass is 79.9. The summed E-state index contributed by atoms with van der Waals surface area (Å²) in [4.78, 5) is 11.6. The summed E-state index contributed by atoms with van der Waals surface area (Å²) >= 11 is 3.18. The van der Waals surface area contributed by atoms with Gasteiger partial charge in [-0.1, -0.05) is 31.4 Å². The maximum atomic E-state index is 13.5. The molecule has 0 radical (unpaired) electrons. The Kier molecular flexibility index (Phi) is 3.52. The first-order valence-electron chi connectivity index (χ1n) is 5.76. The second-order valence-electron chi connectivity index (χ2n) is 4.55. The Morgan fingerprint density at radius 1 is 1.29 bits per heavy atom. The lowest BCUT2D eigenvalue weighted by Gasteiger charge is -2.34. The zero-order valence-corrected chi connectivity index (χ0v) is 11.0. The molecule has 0 amide bonds. The van der Waals surface area contributed by atoms with Gasteiger partial charge in [-0.15, -0.1) is 0 Å². The maximum absolute atomic E-state index is 13.5. The molecular formula is C13H14BrFO2. The molecule has 0 bridgehead atoms. The van der Waals surface area contributed by atoms with Crippen LogP contribution in [-0.4, -0.2) is 11.1 Å². The van der Waals surface area contributed by atoms with Crippen LogP contribution in [0.3, 0.4) is 0 Å². The second-order valence-corrected chi connectivity index (χ2v) is 5.34. The van der Waals surface area contributed by atoms with Crippen LogP contribution in [0.5, 0.6) is 0 Å². The van der Waals surface area contributed by atoms with Crippen molar-refractivity contribution in [3.05, 3.63) is 34.1 Å². The topological polar surface area (TPSA) is 37.3 Å². The summed E-state index contributed by atoms with van der Waals surface area (Å²) < 4.78 is 13.8. The van der Waals surface area contributed by atoms with Crippen molar-refractivity contribution in [1.29, 1.82) is 0 Å². The first-order chi connectivity index (χ1) is 8.08. The molecule has 0 aliphatic heterocycles. The fourth-order valence-electron chi connectivity index (χ4n) is 2.63. The van der Waals surface area contributed by atoms with Crippen LogP contribution in [0.4, 0.5) is 4.39 Å². The highest BCUT2D eigenvalue weighted by molar-refractivity contribution is 9.10. The predicted octanol–water partition coefficient (Wildman–Crippen LogP) is 3.87. The third kappa shape index (κ3) is 2.10. The third-order valence-electron chi connectivity index (χ3n) is 3.58. The number of carboxylic acids is 1. The molecule has 0 spiro atoms. The number of benzene rings is 1. The van der Waals surface area contributed by atoms with E-state index in [-0.39, 0.29) is 0 Å². The third-order valence-corrected chi connectivity index (χ3v) is 4.39. The zero-order valence-electron chi connectivity index (χ0n) is 9.38. The highest BCUT2D eigenvalue weighted by Gasteiger charge is 2.42. The van der Waals surface area contributed by atoms with Crippen molar-refractivity contribution in [2.45, 2.75) is 37.5 Å². The number of halogens is 2. The van der Waals surface area contributed by atoms with E-state index < -0.39 is 17.2 Å². The largest absolute Gasteiger partial charge is 0.481 e. The van der Waals surface area contributed by atoms with Crippen LogP contribution in [0.1, 0.15) is 37.7 Å². The number of aliphatic carboxylic acids is 1. The van der Waals surface area contributed by atoms with Crippen molar-refractivity contribution in [1.82, 2.24) is 0 Å². The standard InChI is InChI=1S/C13H14BrFO2/c14-11-9(5-4-6-10(11)15)13(12(16)17)7-2-1-3-8-13/h4-6H,1-3,7-8H2,(H,16,17). The summed E-state index contributed by atoms with van der Waals surface area (Å²) in [6.45, 7) is 0. The Bertz CT molecular complexity index is 439. The van der Waals surface area contributed by atoms with Gasteiger partial charge >= 0.3 is 5.97 Å². The Morgan fingerprint density at radius 2 is 1.94 bits per heavy atom. The summed E-state index contributed by atoms with van der Waals surface area (Å²) in [5.41, 5.74) is -0.344. The van der Waals surface area contributed by atoms with E-state index in [2.05, 4.69) is 15.9 Å². The van der Waals surface area contributed by atoms with Crippen LogP contribution in [-0.2, 0) is 10.2 Å². The lowest BCUT2D eigenvalue weighted by atomic mass is 9.69. The molecule has 1 aromatic rings. The monoisotopic (exact) mass is 300 g/mol. The van der Waals surface area contributed by atoms with Gasteiger partial charge in [0.1, 0.15) is 5.82 Å². The number of rotatable bonds is 2. The Labute approximate surface area is 108 Å². The zero-order chi connectivity index (χ0) is 12.5. The van der Waals surface area contributed by atoms with Gasteiger partial charge in [0.25, 0.3) is 0 Å². The minimum absolute atomic E-state index is 0.296. The number of carboxylic acid groups (broad SMARTS) is 1. The molecule has 4 heteroatoms. The van der Waals surface area contributed by atoms with E-state index in [1.807, 2.05) is 0 Å². The van der Waals surface area contributed by atoms with Crippen LogP contribution in [0.15, 0.2) is 22.7 Å². The molecule has 0 unspecified atom stereocenters. The van der Waals surface area contributed by atoms with Crippen LogP contribution in [0, 0.1) is 5.82 Å². The molecule has 0 aromatic heterocycles. The predicted molar refractivity (Wildman–Crippen MR) is 66.5 cm³/mol. The average molecular weight is 301 g/mol. The maximum Gasteiger partial charge on any atom is 0.314 e. The van der Waals surface area contributed by atoms with Crippen molar-refractivity contribution < 1.29 is 14.3 Å². The van der Waals surface area contributed by atoms with E-state index >= 15 is 0 Å². The summed E-state index contributed by atoms with van der Waals surface area (Å²) in [6.07, 6.45) is 4.00. The lowest BCUT2D eigenvalue weighted by Crippen LogP contribution is -2.38. The first kappa shape index (κ1) is 12.6. The van der Waals surface area contributed by atoms with Gasteiger partial charge in [-0.25, -0.2) is 4.39 Å². The van der Waals surface area contributed by atoms with Gasteiger partial charge in [0, 0.05) is 0 Å². The smallest absolute Gasteiger partial charge is 0.314 e. The van der Waals surface area contributed by atoms with E-state index in [1.54, 1.807) is 12.1 Å². The van der Waals surface area contributed by atoms with E-state index in [0.717, 1.165) is 19.3 Å². The van der Waals surface area contributed by atoms with Gasteiger partial charge in [-0.3, -0.25) is 4.79 Å². The molecule has 1 fully saturated rings. The van der Waals surface area contributed by atoms with Crippen LogP contribution in [0.25, 0.3) is 0 Å². The van der Waals surface area contributed by atoms with E-state index in [4.69, 9.17) is 0 Å². The van der Waals surface area contributed by atoms with E-state index in [9.17, 15) is 14.3 Å². The number of carbonyl (C=O) groups is 1. The van der Waals surface area contributed by atoms with Gasteiger partial charge < -0.3 is 5.11 Å². The molecule has 0 saturated heterocycles. The fourth-order valence-corrected chi connectivity index (χ4v) is 3.27. The average Bonchev–Trinajstić information content (AvgIpc) is 2.33. The Hall–Kier alpha value is -0.900. The highest BCUT2D eigenvalue weighted by Crippen LogP contribution is 2.43. The first-order valence-corrected chi connectivity index (χ1v) is 6.55. The van der Waals surface area contributed by atoms with E-state index in [0.29, 0.717) is 22.9 Å². The second kappa shape index (κ2) is 4.77. The molecule has 1 aliphatic carbocycles. The molecule has 92 valence electrons. The van der Waals surface area contributed by atoms with Crippen LogP contribution in [0.2, 0.25) is 0 Å². The quantitative estimate of drug-likeness (QED) is 0.900. The van der Waals surface area contributed by atoms with Gasteiger partial charge in [-0.05, 0) is 40.4 Å². The van der Waals surface area contributed by atoms with Gasteiger partial charge in [0.15, 0.2) is 0 Å². The molecule has 0 heterocycles. The molecule has 1 aromatic carbocycles. The minimum atomic E-state index is -0.917. The molecule has 1 N–H and O–H groups in total. The fraction of sp³-hybridized carbons (Fsp3) is 0.462. The normalized spacial score (nSPS) is 18.9. The van der Waals surface area contributed by atoms with Crippen molar-refractivity contribution in [3.8, 4) is 0 Å². The molecule has 2 nitrogen and oxygen atoms in total.